The van der Waals surface area contributed by atoms with Crippen molar-refractivity contribution < 1.29 is 4.42 Å². The molecule has 0 saturated carbocycles. The highest BCUT2D eigenvalue weighted by molar-refractivity contribution is 14.1. The molecule has 2 aromatic rings. The molecule has 0 bridgehead atoms. The first-order valence-electron chi connectivity index (χ1n) is 6.65. The molecule has 0 fully saturated rings. The lowest BCUT2D eigenvalue weighted by Crippen LogP contribution is -1.85. The average molecular weight is 354 g/mol. The Morgan fingerprint density at radius 3 is 2.56 bits per heavy atom. The highest BCUT2D eigenvalue weighted by atomic mass is 127. The van der Waals surface area contributed by atoms with Crippen molar-refractivity contribution >= 4 is 22.6 Å². The van der Waals surface area contributed by atoms with E-state index in [-0.39, 0.29) is 0 Å². The van der Waals surface area contributed by atoms with Crippen LogP contribution in [0.15, 0.2) is 40.8 Å². The fourth-order valence-electron chi connectivity index (χ4n) is 2.03. The molecule has 1 heterocycles. The third kappa shape index (κ3) is 3.61. The predicted octanol–water partition coefficient (Wildman–Crippen LogP) is 5.67. The Morgan fingerprint density at radius 1 is 1.06 bits per heavy atom. The third-order valence-electron chi connectivity index (χ3n) is 3.07. The van der Waals surface area contributed by atoms with E-state index in [1.54, 1.807) is 0 Å². The van der Waals surface area contributed by atoms with Crippen molar-refractivity contribution in [1.82, 2.24) is 0 Å². The zero-order valence-electron chi connectivity index (χ0n) is 10.8. The number of aryl methyl sites for hydroxylation is 1. The second-order valence-electron chi connectivity index (χ2n) is 4.56. The van der Waals surface area contributed by atoms with Crippen LogP contribution in [0.2, 0.25) is 0 Å². The molecule has 0 aliphatic rings. The number of furan rings is 1. The summed E-state index contributed by atoms with van der Waals surface area (Å²) in [7, 11) is 0. The van der Waals surface area contributed by atoms with E-state index in [2.05, 4.69) is 47.7 Å². The van der Waals surface area contributed by atoms with Crippen LogP contribution in [0.4, 0.5) is 0 Å². The van der Waals surface area contributed by atoms with Gasteiger partial charge in [-0.15, -0.1) is 0 Å². The quantitative estimate of drug-likeness (QED) is 0.481. The topological polar surface area (TPSA) is 13.1 Å². The Hall–Kier alpha value is -0.770. The average Bonchev–Trinajstić information content (AvgIpc) is 2.77. The van der Waals surface area contributed by atoms with Crippen LogP contribution < -0.4 is 0 Å². The zero-order chi connectivity index (χ0) is 12.8. The molecular formula is C16H19IO. The lowest BCUT2D eigenvalue weighted by Gasteiger charge is -1.99. The zero-order valence-corrected chi connectivity index (χ0v) is 12.9. The minimum absolute atomic E-state index is 0.991. The first kappa shape index (κ1) is 13.7. The summed E-state index contributed by atoms with van der Waals surface area (Å²) in [5, 5.41) is 0. The molecule has 1 nitrogen and oxygen atoms in total. The second kappa shape index (κ2) is 6.98. The molecule has 0 N–H and O–H groups in total. The van der Waals surface area contributed by atoms with Gasteiger partial charge in [-0.05, 0) is 35.1 Å². The van der Waals surface area contributed by atoms with Gasteiger partial charge in [-0.25, -0.2) is 0 Å². The predicted molar refractivity (Wildman–Crippen MR) is 84.7 cm³/mol. The lowest BCUT2D eigenvalue weighted by molar-refractivity contribution is 0.503. The largest absolute Gasteiger partial charge is 0.460 e. The van der Waals surface area contributed by atoms with Gasteiger partial charge in [0.2, 0.25) is 0 Å². The summed E-state index contributed by atoms with van der Waals surface area (Å²) in [5.41, 5.74) is 1.16. The van der Waals surface area contributed by atoms with E-state index in [4.69, 9.17) is 4.42 Å². The summed E-state index contributed by atoms with van der Waals surface area (Å²) in [6, 6.07) is 12.5. The van der Waals surface area contributed by atoms with Crippen LogP contribution in [-0.4, -0.2) is 0 Å². The molecule has 0 amide bonds. The van der Waals surface area contributed by atoms with Crippen LogP contribution in [0.5, 0.6) is 0 Å². The van der Waals surface area contributed by atoms with Crippen molar-refractivity contribution in [2.75, 3.05) is 0 Å². The van der Waals surface area contributed by atoms with E-state index in [0.717, 1.165) is 23.5 Å². The first-order valence-corrected chi connectivity index (χ1v) is 7.72. The Kier molecular flexibility index (Phi) is 5.29. The number of hydrogen-bond donors (Lipinski definition) is 0. The smallest absolute Gasteiger partial charge is 0.135 e. The minimum Gasteiger partial charge on any atom is -0.460 e. The second-order valence-corrected chi connectivity index (χ2v) is 5.72. The maximum Gasteiger partial charge on any atom is 0.135 e. The van der Waals surface area contributed by atoms with Gasteiger partial charge in [0, 0.05) is 12.0 Å². The number of hydrogen-bond acceptors (Lipinski definition) is 1. The van der Waals surface area contributed by atoms with E-state index in [9.17, 15) is 0 Å². The standard InChI is InChI=1S/C16H19IO/c1-2-3-4-8-11-15-14(17)12-16(18-15)13-9-6-5-7-10-13/h5-7,9-10,12H,2-4,8,11H2,1H3. The highest BCUT2D eigenvalue weighted by Gasteiger charge is 2.09. The number of unbranched alkanes of at least 4 members (excludes halogenated alkanes) is 3. The van der Waals surface area contributed by atoms with Crippen molar-refractivity contribution in [3.05, 3.63) is 45.7 Å². The van der Waals surface area contributed by atoms with Gasteiger partial charge in [-0.1, -0.05) is 56.5 Å². The van der Waals surface area contributed by atoms with Crippen molar-refractivity contribution in [3.8, 4) is 11.3 Å². The molecule has 0 aliphatic heterocycles. The van der Waals surface area contributed by atoms with Crippen LogP contribution in [-0.2, 0) is 6.42 Å². The summed E-state index contributed by atoms with van der Waals surface area (Å²) in [6.07, 6.45) is 6.19. The summed E-state index contributed by atoms with van der Waals surface area (Å²) in [4.78, 5) is 0. The molecule has 0 radical (unpaired) electrons. The minimum atomic E-state index is 0.991. The van der Waals surface area contributed by atoms with E-state index in [1.165, 1.54) is 29.3 Å². The molecule has 2 heteroatoms. The van der Waals surface area contributed by atoms with Gasteiger partial charge < -0.3 is 4.42 Å². The Labute approximate surface area is 123 Å². The molecule has 18 heavy (non-hydrogen) atoms. The van der Waals surface area contributed by atoms with Gasteiger partial charge >= 0.3 is 0 Å². The molecular weight excluding hydrogens is 335 g/mol. The molecule has 0 aliphatic carbocycles. The van der Waals surface area contributed by atoms with Crippen molar-refractivity contribution in [2.45, 2.75) is 39.0 Å². The van der Waals surface area contributed by atoms with Crippen LogP contribution in [0.1, 0.15) is 38.4 Å². The fraction of sp³-hybridized carbons (Fsp3) is 0.375. The normalized spacial score (nSPS) is 10.8. The monoisotopic (exact) mass is 354 g/mol. The SMILES string of the molecule is CCCCCCc1oc(-c2ccccc2)cc1I. The van der Waals surface area contributed by atoms with Gasteiger partial charge in [0.1, 0.15) is 11.5 Å². The molecule has 0 unspecified atom stereocenters. The van der Waals surface area contributed by atoms with Crippen LogP contribution in [0.3, 0.4) is 0 Å². The number of halogens is 1. The number of benzene rings is 1. The van der Waals surface area contributed by atoms with Crippen LogP contribution in [0, 0.1) is 3.57 Å². The maximum atomic E-state index is 5.97. The van der Waals surface area contributed by atoms with E-state index < -0.39 is 0 Å². The Bertz CT molecular complexity index is 473. The Balaban J connectivity index is 2.03. The maximum absolute atomic E-state index is 5.97. The lowest BCUT2D eigenvalue weighted by atomic mass is 10.1. The van der Waals surface area contributed by atoms with Crippen molar-refractivity contribution in [2.24, 2.45) is 0 Å². The van der Waals surface area contributed by atoms with E-state index in [1.807, 2.05) is 18.2 Å². The number of rotatable bonds is 6. The van der Waals surface area contributed by atoms with E-state index in [0.29, 0.717) is 0 Å². The Morgan fingerprint density at radius 2 is 1.83 bits per heavy atom. The van der Waals surface area contributed by atoms with Crippen molar-refractivity contribution in [3.63, 3.8) is 0 Å². The van der Waals surface area contributed by atoms with Gasteiger partial charge in [0.15, 0.2) is 0 Å². The van der Waals surface area contributed by atoms with Crippen molar-refractivity contribution in [1.29, 1.82) is 0 Å². The van der Waals surface area contributed by atoms with Gasteiger partial charge in [-0.3, -0.25) is 0 Å². The molecule has 0 saturated heterocycles. The van der Waals surface area contributed by atoms with E-state index >= 15 is 0 Å². The molecule has 0 spiro atoms. The fourth-order valence-corrected chi connectivity index (χ4v) is 2.70. The summed E-state index contributed by atoms with van der Waals surface area (Å²) < 4.78 is 7.23. The summed E-state index contributed by atoms with van der Waals surface area (Å²) in [5.74, 6) is 2.14. The van der Waals surface area contributed by atoms with Gasteiger partial charge in [-0.2, -0.15) is 0 Å². The van der Waals surface area contributed by atoms with Gasteiger partial charge in [0.05, 0.1) is 3.57 Å². The van der Waals surface area contributed by atoms with Crippen LogP contribution >= 0.6 is 22.6 Å². The summed E-state index contributed by atoms with van der Waals surface area (Å²) in [6.45, 7) is 2.24. The first-order chi connectivity index (χ1) is 8.81. The highest BCUT2D eigenvalue weighted by Crippen LogP contribution is 2.27. The summed E-state index contributed by atoms with van der Waals surface area (Å²) >= 11 is 2.38. The molecule has 0 atom stereocenters. The molecule has 1 aromatic carbocycles. The molecule has 96 valence electrons. The van der Waals surface area contributed by atoms with Crippen LogP contribution in [0.25, 0.3) is 11.3 Å². The molecule has 2 rings (SSSR count). The third-order valence-corrected chi connectivity index (χ3v) is 3.99. The van der Waals surface area contributed by atoms with Gasteiger partial charge in [0.25, 0.3) is 0 Å². The molecule has 1 aromatic heterocycles.